The molecule has 5 nitrogen and oxygen atoms in total. The van der Waals surface area contributed by atoms with Gasteiger partial charge in [0.05, 0.1) is 5.56 Å². The van der Waals surface area contributed by atoms with Crippen molar-refractivity contribution in [2.45, 2.75) is 6.42 Å². The third-order valence-electron chi connectivity index (χ3n) is 2.44. The number of carbonyl (C=O) groups excluding carboxylic acids is 2. The van der Waals surface area contributed by atoms with E-state index in [0.717, 1.165) is 6.07 Å². The number of benzene rings is 1. The Labute approximate surface area is 116 Å². The van der Waals surface area contributed by atoms with E-state index >= 15 is 0 Å². The van der Waals surface area contributed by atoms with Crippen molar-refractivity contribution in [1.82, 2.24) is 10.6 Å². The van der Waals surface area contributed by atoms with Crippen LogP contribution >= 0.6 is 0 Å². The summed E-state index contributed by atoms with van der Waals surface area (Å²) in [6.07, 6.45) is 0.129. The minimum atomic E-state index is -0.702. The van der Waals surface area contributed by atoms with E-state index in [0.29, 0.717) is 5.56 Å². The number of halogens is 1. The molecule has 0 atom stereocenters. The lowest BCUT2D eigenvalue weighted by molar-refractivity contribution is -0.120. The average molecular weight is 278 g/mol. The Hall–Kier alpha value is -2.39. The molecule has 2 amide bonds. The summed E-state index contributed by atoms with van der Waals surface area (Å²) in [5.74, 6) is 3.43. The molecular weight excluding hydrogens is 263 g/mol. The van der Waals surface area contributed by atoms with Gasteiger partial charge in [0.2, 0.25) is 5.91 Å². The monoisotopic (exact) mass is 278 g/mol. The van der Waals surface area contributed by atoms with Crippen LogP contribution in [0.15, 0.2) is 18.2 Å². The maximum Gasteiger partial charge on any atom is 0.254 e. The Kier molecular flexibility index (Phi) is 6.20. The molecule has 0 bridgehead atoms. The van der Waals surface area contributed by atoms with Crippen molar-refractivity contribution >= 4 is 11.8 Å². The average Bonchev–Trinajstić information content (AvgIpc) is 2.44. The molecule has 1 aromatic rings. The number of aliphatic hydroxyl groups is 1. The van der Waals surface area contributed by atoms with Gasteiger partial charge >= 0.3 is 0 Å². The van der Waals surface area contributed by atoms with Crippen LogP contribution < -0.4 is 10.6 Å². The fraction of sp³-hybridized carbons (Fsp3) is 0.286. The second kappa shape index (κ2) is 7.92. The lowest BCUT2D eigenvalue weighted by Gasteiger charge is -2.06. The minimum absolute atomic E-state index is 0.114. The largest absolute Gasteiger partial charge is 0.384 e. The molecular formula is C14H15FN2O3. The highest BCUT2D eigenvalue weighted by atomic mass is 19.1. The highest BCUT2D eigenvalue weighted by molar-refractivity contribution is 5.94. The van der Waals surface area contributed by atoms with E-state index in [9.17, 15) is 14.0 Å². The van der Waals surface area contributed by atoms with Gasteiger partial charge in [0.15, 0.2) is 0 Å². The van der Waals surface area contributed by atoms with Crippen LogP contribution in [0.4, 0.5) is 4.39 Å². The summed E-state index contributed by atoms with van der Waals surface area (Å²) in [5.41, 5.74) is 0.259. The number of rotatable bonds is 4. The van der Waals surface area contributed by atoms with Gasteiger partial charge in [0.25, 0.3) is 5.91 Å². The van der Waals surface area contributed by atoms with E-state index in [4.69, 9.17) is 5.11 Å². The number of hydrogen-bond donors (Lipinski definition) is 3. The van der Waals surface area contributed by atoms with Gasteiger partial charge < -0.3 is 15.7 Å². The predicted octanol–water partition coefficient (Wildman–Crippen LogP) is 0.0354. The van der Waals surface area contributed by atoms with Crippen LogP contribution in [0.2, 0.25) is 0 Å². The maximum atomic E-state index is 13.7. The Morgan fingerprint density at radius 2 is 2.15 bits per heavy atom. The molecule has 0 saturated heterocycles. The van der Waals surface area contributed by atoms with Crippen LogP contribution in [-0.4, -0.2) is 37.1 Å². The maximum absolute atomic E-state index is 13.7. The number of aliphatic hydroxyl groups excluding tert-OH is 1. The van der Waals surface area contributed by atoms with Crippen molar-refractivity contribution in [3.8, 4) is 11.8 Å². The molecule has 20 heavy (non-hydrogen) atoms. The topological polar surface area (TPSA) is 78.4 Å². The van der Waals surface area contributed by atoms with Crippen LogP contribution in [-0.2, 0) is 4.79 Å². The molecule has 0 heterocycles. The van der Waals surface area contributed by atoms with Gasteiger partial charge in [-0.05, 0) is 18.2 Å². The Bertz CT molecular complexity index is 561. The lowest BCUT2D eigenvalue weighted by atomic mass is 10.1. The SMILES string of the molecule is CNC(=O)CCNC(=O)c1ccc(C#CCO)cc1F. The van der Waals surface area contributed by atoms with Gasteiger partial charge in [-0.3, -0.25) is 9.59 Å². The Balaban J connectivity index is 2.67. The molecule has 0 saturated carbocycles. The van der Waals surface area contributed by atoms with Crippen molar-refractivity contribution in [1.29, 1.82) is 0 Å². The summed E-state index contributed by atoms with van der Waals surface area (Å²) in [5, 5.41) is 13.4. The minimum Gasteiger partial charge on any atom is -0.384 e. The van der Waals surface area contributed by atoms with Crippen LogP contribution in [0.25, 0.3) is 0 Å². The van der Waals surface area contributed by atoms with E-state index in [1.165, 1.54) is 19.2 Å². The molecule has 0 radical (unpaired) electrons. The molecule has 0 aliphatic rings. The summed E-state index contributed by atoms with van der Waals surface area (Å²) in [6, 6.07) is 3.92. The fourth-order valence-electron chi connectivity index (χ4n) is 1.43. The summed E-state index contributed by atoms with van der Waals surface area (Å²) in [4.78, 5) is 22.7. The summed E-state index contributed by atoms with van der Waals surface area (Å²) < 4.78 is 13.7. The molecule has 0 aliphatic heterocycles. The third-order valence-corrected chi connectivity index (χ3v) is 2.44. The van der Waals surface area contributed by atoms with Gasteiger partial charge in [0.1, 0.15) is 12.4 Å². The van der Waals surface area contributed by atoms with Gasteiger partial charge in [-0.1, -0.05) is 11.8 Å². The molecule has 1 rings (SSSR count). The Morgan fingerprint density at radius 1 is 1.40 bits per heavy atom. The van der Waals surface area contributed by atoms with Crippen LogP contribution in [0.1, 0.15) is 22.3 Å². The van der Waals surface area contributed by atoms with Crippen LogP contribution in [0, 0.1) is 17.7 Å². The standard InChI is InChI=1S/C14H15FN2O3/c1-16-13(19)6-7-17-14(20)11-5-4-10(3-2-8-18)9-12(11)15/h4-5,9,18H,6-8H2,1H3,(H,16,19)(H,17,20). The first kappa shape index (κ1) is 15.7. The first-order valence-corrected chi connectivity index (χ1v) is 5.96. The van der Waals surface area contributed by atoms with Gasteiger partial charge in [-0.25, -0.2) is 4.39 Å². The van der Waals surface area contributed by atoms with Crippen molar-refractivity contribution in [2.75, 3.05) is 20.2 Å². The summed E-state index contributed by atoms with van der Waals surface area (Å²) in [6.45, 7) is -0.187. The van der Waals surface area contributed by atoms with Gasteiger partial charge in [-0.2, -0.15) is 0 Å². The lowest BCUT2D eigenvalue weighted by Crippen LogP contribution is -2.29. The predicted molar refractivity (Wildman–Crippen MR) is 71.4 cm³/mol. The summed E-state index contributed by atoms with van der Waals surface area (Å²) >= 11 is 0. The highest BCUT2D eigenvalue weighted by Gasteiger charge is 2.11. The molecule has 0 spiro atoms. The van der Waals surface area contributed by atoms with E-state index in [2.05, 4.69) is 22.5 Å². The molecule has 106 valence electrons. The van der Waals surface area contributed by atoms with Crippen molar-refractivity contribution < 1.29 is 19.1 Å². The first-order valence-electron chi connectivity index (χ1n) is 5.96. The zero-order valence-corrected chi connectivity index (χ0v) is 11.0. The molecule has 3 N–H and O–H groups in total. The number of amides is 2. The smallest absolute Gasteiger partial charge is 0.254 e. The van der Waals surface area contributed by atoms with Gasteiger partial charge in [0, 0.05) is 25.6 Å². The van der Waals surface area contributed by atoms with E-state index in [1.54, 1.807) is 0 Å². The number of hydrogen-bond acceptors (Lipinski definition) is 3. The first-order chi connectivity index (χ1) is 9.58. The van der Waals surface area contributed by atoms with Crippen molar-refractivity contribution in [2.24, 2.45) is 0 Å². The van der Waals surface area contributed by atoms with Gasteiger partial charge in [-0.15, -0.1) is 0 Å². The van der Waals surface area contributed by atoms with Crippen LogP contribution in [0.3, 0.4) is 0 Å². The van der Waals surface area contributed by atoms with E-state index in [1.807, 2.05) is 0 Å². The number of carbonyl (C=O) groups is 2. The number of nitrogens with one attached hydrogen (secondary N) is 2. The molecule has 1 aromatic carbocycles. The molecule has 6 heteroatoms. The quantitative estimate of drug-likeness (QED) is 0.680. The Morgan fingerprint density at radius 3 is 2.75 bits per heavy atom. The third kappa shape index (κ3) is 4.71. The van der Waals surface area contributed by atoms with E-state index in [-0.39, 0.29) is 31.0 Å². The molecule has 0 unspecified atom stereocenters. The zero-order valence-electron chi connectivity index (χ0n) is 11.0. The van der Waals surface area contributed by atoms with Crippen molar-refractivity contribution in [3.63, 3.8) is 0 Å². The summed E-state index contributed by atoms with van der Waals surface area (Å²) in [7, 11) is 1.50. The second-order valence-corrected chi connectivity index (χ2v) is 3.83. The second-order valence-electron chi connectivity index (χ2n) is 3.83. The zero-order chi connectivity index (χ0) is 15.0. The highest BCUT2D eigenvalue weighted by Crippen LogP contribution is 2.09. The van der Waals surface area contributed by atoms with E-state index < -0.39 is 11.7 Å². The molecule has 0 fully saturated rings. The fourth-order valence-corrected chi connectivity index (χ4v) is 1.43. The normalized spacial score (nSPS) is 9.35. The van der Waals surface area contributed by atoms with Crippen molar-refractivity contribution in [3.05, 3.63) is 35.1 Å². The van der Waals surface area contributed by atoms with Crippen LogP contribution in [0.5, 0.6) is 0 Å². The molecule has 0 aromatic heterocycles. The molecule has 0 aliphatic carbocycles.